The van der Waals surface area contributed by atoms with Crippen molar-refractivity contribution in [3.8, 4) is 11.5 Å². The lowest BCUT2D eigenvalue weighted by Crippen LogP contribution is -2.39. The minimum atomic E-state index is -0.350. The van der Waals surface area contributed by atoms with E-state index in [1.165, 1.54) is 16.9 Å². The molecule has 2 heterocycles. The number of aromatic hydroxyl groups is 1. The third-order valence-corrected chi connectivity index (χ3v) is 8.63. The van der Waals surface area contributed by atoms with Crippen molar-refractivity contribution < 1.29 is 9.84 Å². The number of thiazole rings is 1. The van der Waals surface area contributed by atoms with E-state index in [4.69, 9.17) is 9.73 Å². The fourth-order valence-corrected chi connectivity index (χ4v) is 6.65. The van der Waals surface area contributed by atoms with Gasteiger partial charge in [-0.05, 0) is 60.4 Å². The molecule has 0 spiro atoms. The lowest BCUT2D eigenvalue weighted by Gasteiger charge is -2.31. The second-order valence-corrected chi connectivity index (χ2v) is 11.1. The molecule has 2 aliphatic rings. The van der Waals surface area contributed by atoms with E-state index in [0.29, 0.717) is 20.6 Å². The summed E-state index contributed by atoms with van der Waals surface area (Å²) in [6.45, 7) is 0. The number of benzene rings is 4. The van der Waals surface area contributed by atoms with E-state index >= 15 is 0 Å². The quantitative estimate of drug-likeness (QED) is 0.246. The van der Waals surface area contributed by atoms with Crippen LogP contribution in [-0.2, 0) is 6.42 Å². The number of fused-ring (bicyclic) bond motifs is 3. The normalized spacial score (nSPS) is 16.1. The fourth-order valence-electron chi connectivity index (χ4n) is 5.66. The second kappa shape index (κ2) is 10.7. The number of azo groups is 1. The number of allylic oxidation sites excluding steroid dienone is 1. The van der Waals surface area contributed by atoms with Gasteiger partial charge in [0, 0.05) is 22.8 Å². The Morgan fingerprint density at radius 1 is 0.929 bits per heavy atom. The van der Waals surface area contributed by atoms with Gasteiger partial charge in [0.15, 0.2) is 4.80 Å². The summed E-state index contributed by atoms with van der Waals surface area (Å²) in [6, 6.07) is 30.3. The number of rotatable bonds is 5. The van der Waals surface area contributed by atoms with Gasteiger partial charge in [0.2, 0.25) is 0 Å². The van der Waals surface area contributed by atoms with E-state index < -0.39 is 0 Å². The molecule has 7 nitrogen and oxygen atoms in total. The van der Waals surface area contributed by atoms with Gasteiger partial charge in [-0.2, -0.15) is 10.2 Å². The summed E-state index contributed by atoms with van der Waals surface area (Å²) in [5, 5.41) is 19.3. The molecule has 0 saturated heterocycles. The maximum Gasteiger partial charge on any atom is 0.271 e. The smallest absolute Gasteiger partial charge is 0.271 e. The first-order valence-electron chi connectivity index (χ1n) is 13.7. The van der Waals surface area contributed by atoms with Crippen molar-refractivity contribution in [2.45, 2.75) is 18.9 Å². The van der Waals surface area contributed by atoms with Crippen molar-refractivity contribution in [1.29, 1.82) is 0 Å². The lowest BCUT2D eigenvalue weighted by molar-refractivity contribution is 0.402. The van der Waals surface area contributed by atoms with Gasteiger partial charge in [0.05, 0.1) is 34.8 Å². The monoisotopic (exact) mass is 570 g/mol. The van der Waals surface area contributed by atoms with Gasteiger partial charge in [0.25, 0.3) is 5.56 Å². The minimum Gasteiger partial charge on any atom is -0.507 e. The highest BCUT2D eigenvalue weighted by atomic mass is 32.1. The van der Waals surface area contributed by atoms with E-state index in [1.54, 1.807) is 36.0 Å². The maximum atomic E-state index is 14.1. The molecule has 0 bridgehead atoms. The molecule has 1 aliphatic heterocycles. The molecular formula is C34H26N4O3S. The molecule has 0 fully saturated rings. The number of methoxy groups -OCH3 is 1. The first kappa shape index (κ1) is 25.9. The molecular weight excluding hydrogens is 544 g/mol. The number of hydrogen-bond acceptors (Lipinski definition) is 7. The summed E-state index contributed by atoms with van der Waals surface area (Å²) >= 11 is 1.32. The van der Waals surface area contributed by atoms with Crippen LogP contribution in [0, 0.1) is 0 Å². The molecule has 7 rings (SSSR count). The SMILES string of the molecule is COc1ccccc1[C@@H]1C2=C(N=c3s/c(=C\c4ccc(N=Nc5ccccc5)cc4O)c(=O)n31)c1ccccc1CC2. The zero-order valence-corrected chi connectivity index (χ0v) is 23.6. The number of aryl methyl sites for hydroxylation is 1. The summed E-state index contributed by atoms with van der Waals surface area (Å²) in [5.74, 6) is 0.738. The molecule has 8 heteroatoms. The van der Waals surface area contributed by atoms with Crippen LogP contribution in [0.2, 0.25) is 0 Å². The van der Waals surface area contributed by atoms with E-state index in [9.17, 15) is 9.90 Å². The molecule has 42 heavy (non-hydrogen) atoms. The summed E-state index contributed by atoms with van der Waals surface area (Å²) in [6.07, 6.45) is 3.39. The number of phenolic OH excluding ortho intramolecular Hbond substituents is 1. The Balaban J connectivity index is 1.36. The van der Waals surface area contributed by atoms with Gasteiger partial charge >= 0.3 is 0 Å². The largest absolute Gasteiger partial charge is 0.507 e. The molecule has 1 atom stereocenters. The van der Waals surface area contributed by atoms with E-state index in [0.717, 1.165) is 46.7 Å². The number of phenols is 1. The first-order chi connectivity index (χ1) is 20.6. The standard InChI is InChI=1S/C34H26N4O3S/c1-41-29-14-8-7-13-26(29)32-27-18-16-21-9-5-6-12-25(21)31(27)35-34-38(32)33(40)30(42-34)19-22-15-17-24(20-28(22)39)37-36-23-10-3-2-4-11-23/h2-15,17,19-20,32,39H,16,18H2,1H3/b30-19-,37-36?/t32-/m1/s1. The summed E-state index contributed by atoms with van der Waals surface area (Å²) in [7, 11) is 1.65. The van der Waals surface area contributed by atoms with E-state index in [-0.39, 0.29) is 17.4 Å². The average Bonchev–Trinajstić information content (AvgIpc) is 3.34. The molecule has 0 amide bonds. The fraction of sp³-hybridized carbons (Fsp3) is 0.118. The van der Waals surface area contributed by atoms with Gasteiger partial charge in [-0.25, -0.2) is 4.99 Å². The van der Waals surface area contributed by atoms with Crippen LogP contribution in [0.25, 0.3) is 11.8 Å². The predicted molar refractivity (Wildman–Crippen MR) is 164 cm³/mol. The van der Waals surface area contributed by atoms with Gasteiger partial charge in [0.1, 0.15) is 11.5 Å². The molecule has 4 aromatic carbocycles. The molecule has 1 N–H and O–H groups in total. The predicted octanol–water partition coefficient (Wildman–Crippen LogP) is 6.45. The minimum absolute atomic E-state index is 0.0137. The van der Waals surface area contributed by atoms with Crippen molar-refractivity contribution >= 4 is 34.5 Å². The Hall–Kier alpha value is -5.08. The number of ether oxygens (including phenoxy) is 1. The number of hydrogen-bond donors (Lipinski definition) is 1. The van der Waals surface area contributed by atoms with Gasteiger partial charge < -0.3 is 9.84 Å². The van der Waals surface area contributed by atoms with Gasteiger partial charge in [-0.15, -0.1) is 0 Å². The van der Waals surface area contributed by atoms with Crippen LogP contribution in [0.5, 0.6) is 11.5 Å². The first-order valence-corrected chi connectivity index (χ1v) is 14.5. The molecule has 5 aromatic rings. The molecule has 206 valence electrons. The van der Waals surface area contributed by atoms with Crippen LogP contribution in [0.1, 0.15) is 34.7 Å². The summed E-state index contributed by atoms with van der Waals surface area (Å²) < 4.78 is 8.02. The maximum absolute atomic E-state index is 14.1. The second-order valence-electron chi connectivity index (χ2n) is 10.1. The highest BCUT2D eigenvalue weighted by Crippen LogP contribution is 2.43. The van der Waals surface area contributed by atoms with Gasteiger partial charge in [-0.1, -0.05) is 72.0 Å². The highest BCUT2D eigenvalue weighted by molar-refractivity contribution is 7.07. The summed E-state index contributed by atoms with van der Waals surface area (Å²) in [4.78, 5) is 19.7. The van der Waals surface area contributed by atoms with Crippen molar-refractivity contribution in [1.82, 2.24) is 4.57 Å². The molecule has 1 aliphatic carbocycles. The van der Waals surface area contributed by atoms with Crippen molar-refractivity contribution in [3.05, 3.63) is 145 Å². The third-order valence-electron chi connectivity index (χ3n) is 7.64. The third kappa shape index (κ3) is 4.55. The van der Waals surface area contributed by atoms with Crippen molar-refractivity contribution in [3.63, 3.8) is 0 Å². The Morgan fingerprint density at radius 3 is 2.52 bits per heavy atom. The van der Waals surface area contributed by atoms with Crippen molar-refractivity contribution in [2.24, 2.45) is 15.2 Å². The van der Waals surface area contributed by atoms with E-state index in [1.807, 2.05) is 60.7 Å². The summed E-state index contributed by atoms with van der Waals surface area (Å²) in [5.41, 5.74) is 6.90. The Morgan fingerprint density at radius 2 is 1.69 bits per heavy atom. The Bertz CT molecular complexity index is 2080. The molecule has 0 saturated carbocycles. The number of aromatic nitrogens is 1. The number of para-hydroxylation sites is 1. The van der Waals surface area contributed by atoms with Crippen LogP contribution in [0.15, 0.2) is 123 Å². The molecule has 0 unspecified atom stereocenters. The number of nitrogens with zero attached hydrogens (tertiary/aromatic N) is 4. The van der Waals surface area contributed by atoms with Crippen LogP contribution in [0.3, 0.4) is 0 Å². The van der Waals surface area contributed by atoms with Crippen LogP contribution >= 0.6 is 11.3 Å². The Labute approximate surface area is 245 Å². The molecule has 0 radical (unpaired) electrons. The molecule has 1 aromatic heterocycles. The average molecular weight is 571 g/mol. The van der Waals surface area contributed by atoms with Crippen LogP contribution in [-0.4, -0.2) is 16.8 Å². The highest BCUT2D eigenvalue weighted by Gasteiger charge is 2.34. The zero-order chi connectivity index (χ0) is 28.6. The van der Waals surface area contributed by atoms with Crippen LogP contribution in [0.4, 0.5) is 11.4 Å². The zero-order valence-electron chi connectivity index (χ0n) is 22.8. The topological polar surface area (TPSA) is 88.5 Å². The van der Waals surface area contributed by atoms with Gasteiger partial charge in [-0.3, -0.25) is 9.36 Å². The van der Waals surface area contributed by atoms with E-state index in [2.05, 4.69) is 28.4 Å². The van der Waals surface area contributed by atoms with Crippen molar-refractivity contribution in [2.75, 3.05) is 7.11 Å². The van der Waals surface area contributed by atoms with Crippen LogP contribution < -0.4 is 19.6 Å². The Kier molecular flexibility index (Phi) is 6.60. The lowest BCUT2D eigenvalue weighted by atomic mass is 9.83.